The smallest absolute Gasteiger partial charge is 0.123 e. The van der Waals surface area contributed by atoms with Crippen LogP contribution in [0.25, 0.3) is 0 Å². The highest BCUT2D eigenvalue weighted by Crippen LogP contribution is 2.55. The highest BCUT2D eigenvalue weighted by atomic mass is 32.2. The molecule has 2 aromatic rings. The van der Waals surface area contributed by atoms with E-state index in [1.165, 1.54) is 9.79 Å². The van der Waals surface area contributed by atoms with E-state index in [4.69, 9.17) is 0 Å². The molecule has 0 bridgehead atoms. The lowest BCUT2D eigenvalue weighted by atomic mass is 9.79. The molecule has 39 heavy (non-hydrogen) atoms. The number of phenolic OH excluding ortho intramolecular Hbond substituents is 2. The number of aromatic hydroxyl groups is 2. The van der Waals surface area contributed by atoms with Crippen molar-refractivity contribution in [2.45, 2.75) is 158 Å². The van der Waals surface area contributed by atoms with Crippen molar-refractivity contribution < 1.29 is 10.2 Å². The summed E-state index contributed by atoms with van der Waals surface area (Å²) in [5.74, 6) is 0.874. The van der Waals surface area contributed by atoms with Gasteiger partial charge in [0, 0.05) is 32.0 Å². The van der Waals surface area contributed by atoms with E-state index in [0.29, 0.717) is 11.5 Å². The zero-order chi connectivity index (χ0) is 30.2. The van der Waals surface area contributed by atoms with Crippen molar-refractivity contribution in [1.82, 2.24) is 0 Å². The molecule has 0 unspecified atom stereocenters. The molecule has 2 nitrogen and oxygen atoms in total. The SMILES string of the molecule is CCCC(CCC)(Sc1cc(C(C)(C)C)c(O)c(C(C)(C)C)c1)Sc1cc(C(C)(C)C)c(O)c(C(C)(C)C)c1. The average molecular weight is 573 g/mol. The van der Waals surface area contributed by atoms with Crippen molar-refractivity contribution in [3.8, 4) is 11.5 Å². The highest BCUT2D eigenvalue weighted by molar-refractivity contribution is 8.18. The zero-order valence-corrected chi connectivity index (χ0v) is 29.0. The molecule has 0 aliphatic rings. The van der Waals surface area contributed by atoms with Gasteiger partial charge in [-0.1, -0.05) is 110 Å². The average Bonchev–Trinajstić information content (AvgIpc) is 2.73. The molecule has 0 saturated heterocycles. The maximum Gasteiger partial charge on any atom is 0.123 e. The van der Waals surface area contributed by atoms with Crippen LogP contribution in [0.15, 0.2) is 34.1 Å². The van der Waals surface area contributed by atoms with E-state index >= 15 is 0 Å². The first-order valence-electron chi connectivity index (χ1n) is 14.7. The van der Waals surface area contributed by atoms with Gasteiger partial charge in [-0.3, -0.25) is 0 Å². The van der Waals surface area contributed by atoms with E-state index < -0.39 is 0 Å². The second-order valence-corrected chi connectivity index (χ2v) is 18.5. The Balaban J connectivity index is 2.77. The van der Waals surface area contributed by atoms with Gasteiger partial charge in [-0.15, -0.1) is 23.5 Å². The lowest BCUT2D eigenvalue weighted by Crippen LogP contribution is -2.22. The van der Waals surface area contributed by atoms with Gasteiger partial charge in [-0.2, -0.15) is 0 Å². The van der Waals surface area contributed by atoms with Crippen LogP contribution in [0, 0.1) is 0 Å². The van der Waals surface area contributed by atoms with Crippen molar-refractivity contribution in [2.24, 2.45) is 0 Å². The topological polar surface area (TPSA) is 40.5 Å². The van der Waals surface area contributed by atoms with E-state index in [0.717, 1.165) is 47.9 Å². The van der Waals surface area contributed by atoms with E-state index in [2.05, 4.69) is 121 Å². The normalized spacial score (nSPS) is 13.7. The third-order valence-electron chi connectivity index (χ3n) is 7.27. The van der Waals surface area contributed by atoms with Crippen LogP contribution >= 0.6 is 23.5 Å². The Morgan fingerprint density at radius 1 is 0.487 bits per heavy atom. The van der Waals surface area contributed by atoms with Crippen LogP contribution in [0.3, 0.4) is 0 Å². The van der Waals surface area contributed by atoms with Gasteiger partial charge in [0.25, 0.3) is 0 Å². The van der Waals surface area contributed by atoms with Gasteiger partial charge in [0.1, 0.15) is 11.5 Å². The summed E-state index contributed by atoms with van der Waals surface area (Å²) < 4.78 is -0.0634. The lowest BCUT2D eigenvalue weighted by molar-refractivity contribution is 0.421. The van der Waals surface area contributed by atoms with Crippen LogP contribution in [0.5, 0.6) is 11.5 Å². The molecule has 4 heteroatoms. The van der Waals surface area contributed by atoms with Crippen molar-refractivity contribution >= 4 is 23.5 Å². The number of phenols is 2. The zero-order valence-electron chi connectivity index (χ0n) is 27.3. The minimum atomic E-state index is -0.161. The quantitative estimate of drug-likeness (QED) is 0.244. The number of benzene rings is 2. The second kappa shape index (κ2) is 11.9. The summed E-state index contributed by atoms with van der Waals surface area (Å²) >= 11 is 3.94. The first-order chi connectivity index (χ1) is 17.6. The lowest BCUT2D eigenvalue weighted by Gasteiger charge is -2.35. The summed E-state index contributed by atoms with van der Waals surface area (Å²) in [5, 5.41) is 22.7. The van der Waals surface area contributed by atoms with Crippen molar-refractivity contribution in [3.63, 3.8) is 0 Å². The van der Waals surface area contributed by atoms with Gasteiger partial charge in [-0.05, 0) is 58.8 Å². The molecule has 0 saturated carbocycles. The predicted molar refractivity (Wildman–Crippen MR) is 175 cm³/mol. The third kappa shape index (κ3) is 8.38. The van der Waals surface area contributed by atoms with Crippen LogP contribution in [0.2, 0.25) is 0 Å². The molecule has 0 aliphatic heterocycles. The molecule has 0 radical (unpaired) electrons. The summed E-state index contributed by atoms with van der Waals surface area (Å²) in [4.78, 5) is 2.45. The van der Waals surface area contributed by atoms with Crippen LogP contribution < -0.4 is 0 Å². The van der Waals surface area contributed by atoms with Crippen molar-refractivity contribution in [1.29, 1.82) is 0 Å². The molecule has 0 fully saturated rings. The Kier molecular flexibility index (Phi) is 10.4. The first-order valence-corrected chi connectivity index (χ1v) is 16.3. The molecule has 0 atom stereocenters. The summed E-state index contributed by atoms with van der Waals surface area (Å²) in [6.07, 6.45) is 4.33. The maximum atomic E-state index is 11.3. The Labute approximate surface area is 249 Å². The molecule has 0 heterocycles. The van der Waals surface area contributed by atoms with E-state index in [1.807, 2.05) is 23.5 Å². The molecule has 0 amide bonds. The van der Waals surface area contributed by atoms with E-state index in [9.17, 15) is 10.2 Å². The van der Waals surface area contributed by atoms with Crippen molar-refractivity contribution in [2.75, 3.05) is 0 Å². The fraction of sp³-hybridized carbons (Fsp3) is 0.657. The van der Waals surface area contributed by atoms with Crippen LogP contribution in [0.4, 0.5) is 0 Å². The number of hydrogen-bond donors (Lipinski definition) is 2. The van der Waals surface area contributed by atoms with Crippen LogP contribution in [-0.4, -0.2) is 14.3 Å². The molecule has 0 aliphatic carbocycles. The van der Waals surface area contributed by atoms with Crippen molar-refractivity contribution in [3.05, 3.63) is 46.5 Å². The summed E-state index contributed by atoms with van der Waals surface area (Å²) in [7, 11) is 0. The van der Waals surface area contributed by atoms with Gasteiger partial charge in [-0.25, -0.2) is 0 Å². The van der Waals surface area contributed by atoms with E-state index in [1.54, 1.807) is 0 Å². The second-order valence-electron chi connectivity index (χ2n) is 15.3. The Hall–Kier alpha value is -1.26. The summed E-state index contributed by atoms with van der Waals surface area (Å²) in [5.41, 5.74) is 3.41. The number of hydrogen-bond acceptors (Lipinski definition) is 4. The van der Waals surface area contributed by atoms with Gasteiger partial charge in [0.2, 0.25) is 0 Å². The number of rotatable bonds is 8. The van der Waals surface area contributed by atoms with Gasteiger partial charge < -0.3 is 10.2 Å². The fourth-order valence-corrected chi connectivity index (χ4v) is 8.70. The molecule has 2 N–H and O–H groups in total. The highest BCUT2D eigenvalue weighted by Gasteiger charge is 2.35. The standard InChI is InChI=1S/C35H56O2S2/c1-15-17-35(18-16-2,38-23-19-25(31(3,4)5)29(36)26(20-23)32(6,7)8)39-24-21-27(33(9,10)11)30(37)28(22-24)34(12,13)14/h19-22,36-37H,15-18H2,1-14H3. The molecular weight excluding hydrogens is 517 g/mol. The molecule has 0 aromatic heterocycles. The van der Waals surface area contributed by atoms with Crippen LogP contribution in [0.1, 0.15) is 145 Å². The molecular formula is C35H56O2S2. The number of thioether (sulfide) groups is 2. The Morgan fingerprint density at radius 2 is 0.718 bits per heavy atom. The minimum Gasteiger partial charge on any atom is -0.507 e. The van der Waals surface area contributed by atoms with Gasteiger partial charge in [0.05, 0.1) is 4.08 Å². The van der Waals surface area contributed by atoms with Crippen LogP contribution in [-0.2, 0) is 21.7 Å². The Morgan fingerprint density at radius 3 is 0.897 bits per heavy atom. The summed E-state index contributed by atoms with van der Waals surface area (Å²) in [6.45, 7) is 30.7. The fourth-order valence-electron chi connectivity index (χ4n) is 5.16. The third-order valence-corrected chi connectivity index (χ3v) is 10.3. The maximum absolute atomic E-state index is 11.3. The van der Waals surface area contributed by atoms with Gasteiger partial charge in [0.15, 0.2) is 0 Å². The van der Waals surface area contributed by atoms with Gasteiger partial charge >= 0.3 is 0 Å². The van der Waals surface area contributed by atoms with E-state index in [-0.39, 0.29) is 25.7 Å². The Bertz CT molecular complexity index is 974. The molecule has 2 rings (SSSR count). The molecule has 0 spiro atoms. The molecule has 2 aromatic carbocycles. The first kappa shape index (κ1) is 33.9. The summed E-state index contributed by atoms with van der Waals surface area (Å²) in [6, 6.07) is 8.92. The molecule has 220 valence electrons. The monoisotopic (exact) mass is 572 g/mol. The predicted octanol–water partition coefficient (Wildman–Crippen LogP) is 11.5. The largest absolute Gasteiger partial charge is 0.507 e. The minimum absolute atomic E-state index is 0.0634.